The third-order valence-electron chi connectivity index (χ3n) is 4.23. The van der Waals surface area contributed by atoms with Gasteiger partial charge in [-0.15, -0.1) is 0 Å². The van der Waals surface area contributed by atoms with E-state index in [1.807, 2.05) is 31.3 Å². The Morgan fingerprint density at radius 3 is 2.79 bits per heavy atom. The highest BCUT2D eigenvalue weighted by Crippen LogP contribution is 2.26. The molecular formula is C20H24FN5O2. The summed E-state index contributed by atoms with van der Waals surface area (Å²) < 4.78 is 15.1. The van der Waals surface area contributed by atoms with Gasteiger partial charge >= 0.3 is 0 Å². The molecule has 0 amide bonds. The van der Waals surface area contributed by atoms with Crippen LogP contribution in [0, 0.1) is 6.92 Å². The van der Waals surface area contributed by atoms with Crippen LogP contribution in [0.15, 0.2) is 42.9 Å². The quantitative estimate of drug-likeness (QED) is 0.578. The van der Waals surface area contributed by atoms with Crippen LogP contribution in [-0.4, -0.2) is 42.2 Å². The summed E-state index contributed by atoms with van der Waals surface area (Å²) in [5.74, 6) is 0.327. The Kier molecular flexibility index (Phi) is 5.71. The van der Waals surface area contributed by atoms with Gasteiger partial charge < -0.3 is 15.5 Å². The average Bonchev–Trinajstić information content (AvgIpc) is 3.09. The number of halogens is 1. The number of anilines is 2. The van der Waals surface area contributed by atoms with E-state index in [1.165, 1.54) is 13.1 Å². The molecule has 0 fully saturated rings. The van der Waals surface area contributed by atoms with Crippen LogP contribution in [-0.2, 0) is 6.54 Å². The predicted molar refractivity (Wildman–Crippen MR) is 105 cm³/mol. The molecule has 0 aliphatic heterocycles. The van der Waals surface area contributed by atoms with Gasteiger partial charge in [-0.25, -0.2) is 14.4 Å². The second kappa shape index (κ2) is 8.04. The standard InChI is InChI=1S/C20H24FN5O2/c1-13-6-15(16-9-23-26(10-16)11-20(3,28)12-27)8-17(7-13)24-19-22-5-4-18(25-19)14(2)21/h4-10,14,27-28H,11-12H2,1-3H3,(H,22,24,25)/t14-,20?/m1/s1. The highest BCUT2D eigenvalue weighted by atomic mass is 19.1. The molecule has 3 aromatic rings. The fourth-order valence-electron chi connectivity index (χ4n) is 2.80. The molecule has 3 rings (SSSR count). The molecule has 0 radical (unpaired) electrons. The fourth-order valence-corrected chi connectivity index (χ4v) is 2.80. The van der Waals surface area contributed by atoms with E-state index in [0.717, 1.165) is 22.4 Å². The van der Waals surface area contributed by atoms with Crippen LogP contribution >= 0.6 is 0 Å². The maximum Gasteiger partial charge on any atom is 0.227 e. The summed E-state index contributed by atoms with van der Waals surface area (Å²) in [5.41, 5.74) is 2.67. The smallest absolute Gasteiger partial charge is 0.227 e. The van der Waals surface area contributed by atoms with E-state index >= 15 is 0 Å². The van der Waals surface area contributed by atoms with Crippen molar-refractivity contribution in [3.8, 4) is 11.1 Å². The summed E-state index contributed by atoms with van der Waals surface area (Å²) in [7, 11) is 0. The lowest BCUT2D eigenvalue weighted by Crippen LogP contribution is -2.34. The molecule has 0 aliphatic carbocycles. The first-order chi connectivity index (χ1) is 13.3. The summed E-state index contributed by atoms with van der Waals surface area (Å²) >= 11 is 0. The van der Waals surface area contributed by atoms with Crippen molar-refractivity contribution < 1.29 is 14.6 Å². The molecule has 1 unspecified atom stereocenters. The van der Waals surface area contributed by atoms with Gasteiger partial charge in [0.05, 0.1) is 25.0 Å². The lowest BCUT2D eigenvalue weighted by atomic mass is 10.1. The van der Waals surface area contributed by atoms with Crippen molar-refractivity contribution in [1.82, 2.24) is 19.7 Å². The minimum Gasteiger partial charge on any atom is -0.393 e. The van der Waals surface area contributed by atoms with Gasteiger partial charge in [0.2, 0.25) is 5.95 Å². The Bertz CT molecular complexity index is 955. The number of benzene rings is 1. The normalized spacial score (nSPS) is 14.5. The zero-order valence-corrected chi connectivity index (χ0v) is 16.1. The maximum absolute atomic E-state index is 13.5. The molecule has 0 saturated heterocycles. The minimum absolute atomic E-state index is 0.183. The molecule has 0 saturated carbocycles. The molecule has 7 nitrogen and oxygen atoms in total. The van der Waals surface area contributed by atoms with Gasteiger partial charge in [-0.05, 0) is 50.1 Å². The summed E-state index contributed by atoms with van der Waals surface area (Å²) in [5, 5.41) is 26.6. The second-order valence-corrected chi connectivity index (χ2v) is 7.22. The molecule has 8 heteroatoms. The number of nitrogens with one attached hydrogen (secondary N) is 1. The van der Waals surface area contributed by atoms with E-state index in [1.54, 1.807) is 23.9 Å². The summed E-state index contributed by atoms with van der Waals surface area (Å²) in [6.45, 7) is 4.79. The Morgan fingerprint density at radius 1 is 1.29 bits per heavy atom. The Balaban J connectivity index is 1.84. The number of aromatic nitrogens is 4. The number of hydrogen-bond acceptors (Lipinski definition) is 6. The number of hydrogen-bond donors (Lipinski definition) is 3. The molecule has 0 bridgehead atoms. The monoisotopic (exact) mass is 385 g/mol. The molecule has 28 heavy (non-hydrogen) atoms. The molecule has 3 N–H and O–H groups in total. The minimum atomic E-state index is -1.24. The van der Waals surface area contributed by atoms with Crippen molar-refractivity contribution >= 4 is 11.6 Å². The van der Waals surface area contributed by atoms with E-state index < -0.39 is 11.8 Å². The van der Waals surface area contributed by atoms with Crippen molar-refractivity contribution in [2.24, 2.45) is 0 Å². The van der Waals surface area contributed by atoms with Crippen LogP contribution in [0.25, 0.3) is 11.1 Å². The largest absolute Gasteiger partial charge is 0.393 e. The number of aliphatic hydroxyl groups is 2. The van der Waals surface area contributed by atoms with Crippen LogP contribution < -0.4 is 5.32 Å². The van der Waals surface area contributed by atoms with Gasteiger partial charge in [-0.2, -0.15) is 5.10 Å². The van der Waals surface area contributed by atoms with Gasteiger partial charge in [0, 0.05) is 23.6 Å². The van der Waals surface area contributed by atoms with Crippen LogP contribution in [0.5, 0.6) is 0 Å². The molecule has 2 aromatic heterocycles. The van der Waals surface area contributed by atoms with E-state index in [2.05, 4.69) is 20.4 Å². The molecule has 0 spiro atoms. The van der Waals surface area contributed by atoms with E-state index in [0.29, 0.717) is 11.6 Å². The molecule has 1 aromatic carbocycles. The van der Waals surface area contributed by atoms with Crippen molar-refractivity contribution in [3.05, 3.63) is 54.1 Å². The molecule has 148 valence electrons. The van der Waals surface area contributed by atoms with E-state index in [-0.39, 0.29) is 13.2 Å². The molecule has 2 heterocycles. The lowest BCUT2D eigenvalue weighted by Gasteiger charge is -2.19. The van der Waals surface area contributed by atoms with Crippen molar-refractivity contribution in [2.75, 3.05) is 11.9 Å². The van der Waals surface area contributed by atoms with Crippen LogP contribution in [0.4, 0.5) is 16.0 Å². The fraction of sp³-hybridized carbons (Fsp3) is 0.350. The van der Waals surface area contributed by atoms with Gasteiger partial charge in [0.25, 0.3) is 0 Å². The molecule has 2 atom stereocenters. The SMILES string of the molecule is Cc1cc(Nc2nccc([C@@H](C)F)n2)cc(-c2cnn(CC(C)(O)CO)c2)c1. The second-order valence-electron chi connectivity index (χ2n) is 7.22. The van der Waals surface area contributed by atoms with Crippen LogP contribution in [0.3, 0.4) is 0 Å². The Morgan fingerprint density at radius 2 is 2.07 bits per heavy atom. The topological polar surface area (TPSA) is 96.1 Å². The zero-order chi connectivity index (χ0) is 20.3. The predicted octanol–water partition coefficient (Wildman–Crippen LogP) is 3.17. The van der Waals surface area contributed by atoms with Crippen LogP contribution in [0.1, 0.15) is 31.3 Å². The number of aryl methyl sites for hydroxylation is 1. The van der Waals surface area contributed by atoms with Gasteiger partial charge in [-0.1, -0.05) is 6.07 Å². The van der Waals surface area contributed by atoms with E-state index in [9.17, 15) is 14.6 Å². The van der Waals surface area contributed by atoms with Gasteiger partial charge in [-0.3, -0.25) is 4.68 Å². The Hall–Kier alpha value is -2.84. The van der Waals surface area contributed by atoms with Crippen LogP contribution in [0.2, 0.25) is 0 Å². The summed E-state index contributed by atoms with van der Waals surface area (Å²) in [6, 6.07) is 7.43. The maximum atomic E-state index is 13.5. The highest BCUT2D eigenvalue weighted by Gasteiger charge is 2.20. The third-order valence-corrected chi connectivity index (χ3v) is 4.23. The number of nitrogens with zero attached hydrogens (tertiary/aromatic N) is 4. The number of aliphatic hydroxyl groups excluding tert-OH is 1. The van der Waals surface area contributed by atoms with Crippen molar-refractivity contribution in [2.45, 2.75) is 39.1 Å². The number of rotatable bonds is 7. The lowest BCUT2D eigenvalue weighted by molar-refractivity contribution is -0.0145. The van der Waals surface area contributed by atoms with Gasteiger partial charge in [0.15, 0.2) is 0 Å². The Labute approximate surface area is 162 Å². The summed E-state index contributed by atoms with van der Waals surface area (Å²) in [6.07, 6.45) is 3.87. The molecule has 0 aliphatic rings. The average molecular weight is 385 g/mol. The number of alkyl halides is 1. The first-order valence-corrected chi connectivity index (χ1v) is 8.97. The first-order valence-electron chi connectivity index (χ1n) is 8.97. The van der Waals surface area contributed by atoms with Crippen molar-refractivity contribution in [3.63, 3.8) is 0 Å². The first kappa shape index (κ1) is 19.9. The third kappa shape index (κ3) is 4.90. The molecular weight excluding hydrogens is 361 g/mol. The highest BCUT2D eigenvalue weighted by molar-refractivity contribution is 5.70. The van der Waals surface area contributed by atoms with E-state index in [4.69, 9.17) is 0 Å². The van der Waals surface area contributed by atoms with Gasteiger partial charge in [0.1, 0.15) is 11.8 Å². The summed E-state index contributed by atoms with van der Waals surface area (Å²) in [4.78, 5) is 8.33. The zero-order valence-electron chi connectivity index (χ0n) is 16.1. The van der Waals surface area contributed by atoms with Crippen molar-refractivity contribution in [1.29, 1.82) is 0 Å².